The zero-order valence-electron chi connectivity index (χ0n) is 30.7. The number of hydrogen-bond acceptors (Lipinski definition) is 6. The van der Waals surface area contributed by atoms with Gasteiger partial charge in [0.05, 0.1) is 5.56 Å². The minimum atomic E-state index is -0.869. The highest BCUT2D eigenvalue weighted by Gasteiger charge is 2.81. The number of nitrogens with zero attached hydrogens (tertiary/aromatic N) is 1. The van der Waals surface area contributed by atoms with E-state index in [1.165, 1.54) is 18.4 Å². The Morgan fingerprint density at radius 2 is 1.71 bits per heavy atom. The van der Waals surface area contributed by atoms with Crippen molar-refractivity contribution in [2.45, 2.75) is 133 Å². The van der Waals surface area contributed by atoms with Crippen LogP contribution in [0.3, 0.4) is 0 Å². The van der Waals surface area contributed by atoms with Crippen LogP contribution in [0.5, 0.6) is 0 Å². The smallest absolute Gasteiger partial charge is 0.407 e. The maximum absolute atomic E-state index is 13.4. The fourth-order valence-corrected chi connectivity index (χ4v) is 13.6. The molecule has 8 nitrogen and oxygen atoms in total. The van der Waals surface area contributed by atoms with E-state index < -0.39 is 5.97 Å². The lowest BCUT2D eigenvalue weighted by molar-refractivity contribution is -0.105. The fourth-order valence-electron chi connectivity index (χ4n) is 13.6. The summed E-state index contributed by atoms with van der Waals surface area (Å²) in [7, 11) is 4.01. The van der Waals surface area contributed by atoms with E-state index in [2.05, 4.69) is 57.4 Å². The van der Waals surface area contributed by atoms with Gasteiger partial charge in [0.2, 0.25) is 0 Å². The predicted molar refractivity (Wildman–Crippen MR) is 189 cm³/mol. The molecule has 11 atom stereocenters. The Morgan fingerprint density at radius 3 is 2.38 bits per heavy atom. The second-order valence-corrected chi connectivity index (χ2v) is 18.5. The van der Waals surface area contributed by atoms with Crippen molar-refractivity contribution in [2.24, 2.45) is 46.2 Å². The molecule has 5 aliphatic carbocycles. The number of likely N-dealkylation sites (N-methyl/N-ethyl adjacent to an activating group) is 1. The molecule has 2 bridgehead atoms. The Bertz CT molecular complexity index is 1430. The molecular formula is C40H62N4O4. The number of aromatic carboxylic acids is 1. The summed E-state index contributed by atoms with van der Waals surface area (Å²) in [6, 6.07) is 7.67. The van der Waals surface area contributed by atoms with Crippen LogP contribution in [0, 0.1) is 40.4 Å². The number of rotatable bonds is 7. The Balaban J connectivity index is 1.18. The first-order chi connectivity index (χ1) is 22.5. The third-order valence-electron chi connectivity index (χ3n) is 16.2. The summed E-state index contributed by atoms with van der Waals surface area (Å²) >= 11 is 0. The van der Waals surface area contributed by atoms with E-state index in [-0.39, 0.29) is 39.1 Å². The highest BCUT2D eigenvalue weighted by molar-refractivity contribution is 5.87. The average molecular weight is 663 g/mol. The van der Waals surface area contributed by atoms with Crippen LogP contribution in [0.15, 0.2) is 24.3 Å². The SMILES string of the molecule is CC(C)[C@@H]1CC[C@]2(NC(=O)OCCN(C)C)CCC3(N)C[C@@H](CC[C@H]4[C@@]3(C)CC[C@@]35NC3(C)[C@H](c3ccc(C(=O)O)cc3)CC[C@]45C)[C@@H]12. The van der Waals surface area contributed by atoms with E-state index in [0.29, 0.717) is 47.7 Å². The maximum atomic E-state index is 13.4. The van der Waals surface area contributed by atoms with Gasteiger partial charge in [0, 0.05) is 34.6 Å². The highest BCUT2D eigenvalue weighted by Crippen LogP contribution is 2.76. The number of nitrogens with one attached hydrogen (secondary N) is 2. The van der Waals surface area contributed by atoms with Crippen LogP contribution < -0.4 is 16.4 Å². The zero-order valence-corrected chi connectivity index (χ0v) is 30.7. The third-order valence-corrected chi connectivity index (χ3v) is 16.2. The summed E-state index contributed by atoms with van der Waals surface area (Å²) < 4.78 is 5.76. The molecule has 1 spiro atoms. The number of fused-ring (bicyclic) bond motifs is 7. The van der Waals surface area contributed by atoms with Gasteiger partial charge in [-0.1, -0.05) is 39.8 Å². The van der Waals surface area contributed by atoms with Gasteiger partial charge in [-0.25, -0.2) is 9.59 Å². The van der Waals surface area contributed by atoms with Gasteiger partial charge in [0.1, 0.15) is 6.61 Å². The molecule has 48 heavy (non-hydrogen) atoms. The van der Waals surface area contributed by atoms with Gasteiger partial charge in [0.15, 0.2) is 0 Å². The lowest BCUT2D eigenvalue weighted by Crippen LogP contribution is -2.67. The number of carbonyl (C=O) groups is 2. The standard InChI is InChI=1S/C40H62N4O4/c1-25(2)29-14-17-38(42-34(47)48-23-22-44(6)7)19-20-39(41)24-28(32(29)38)12-13-31-35(39,3)18-21-40-36(31,4)16-15-30(37(40,5)43-40)26-8-10-27(11-9-26)33(45)46/h8-11,25,28-32,43H,12-24,41H2,1-7H3,(H,42,47)(H,45,46)/t28-,29+,30+,31+,32+,35-,36-,37?,38+,39?,40+/m1/s1. The number of amides is 1. The molecular weight excluding hydrogens is 600 g/mol. The Morgan fingerprint density at radius 1 is 0.979 bits per heavy atom. The maximum Gasteiger partial charge on any atom is 0.407 e. The molecule has 1 saturated heterocycles. The summed E-state index contributed by atoms with van der Waals surface area (Å²) in [5.41, 5.74) is 9.22. The normalized spacial score (nSPS) is 46.0. The Hall–Kier alpha value is -2.16. The number of ether oxygens (including phenoxy) is 1. The second kappa shape index (κ2) is 11.4. The largest absolute Gasteiger partial charge is 0.478 e. The molecule has 7 rings (SSSR count). The molecule has 1 aliphatic heterocycles. The van der Waals surface area contributed by atoms with Crippen molar-refractivity contribution in [1.29, 1.82) is 0 Å². The van der Waals surface area contributed by atoms with Crippen LogP contribution in [0.4, 0.5) is 4.79 Å². The summed E-state index contributed by atoms with van der Waals surface area (Å²) in [5, 5.41) is 17.2. The van der Waals surface area contributed by atoms with E-state index >= 15 is 0 Å². The molecule has 1 aromatic carbocycles. The van der Waals surface area contributed by atoms with Crippen LogP contribution in [-0.2, 0) is 4.74 Å². The first kappa shape index (κ1) is 34.3. The number of carboxylic acids is 1. The van der Waals surface area contributed by atoms with Crippen molar-refractivity contribution in [2.75, 3.05) is 27.2 Å². The van der Waals surface area contributed by atoms with Crippen molar-refractivity contribution in [3.8, 4) is 0 Å². The predicted octanol–water partition coefficient (Wildman–Crippen LogP) is 6.79. The van der Waals surface area contributed by atoms with E-state index in [4.69, 9.17) is 10.5 Å². The quantitative estimate of drug-likeness (QED) is 0.237. The number of hydrogen-bond donors (Lipinski definition) is 4. The van der Waals surface area contributed by atoms with E-state index in [1.54, 1.807) is 12.1 Å². The molecule has 266 valence electrons. The first-order valence-electron chi connectivity index (χ1n) is 19.1. The molecule has 5 N–H and O–H groups in total. The van der Waals surface area contributed by atoms with Gasteiger partial charge in [-0.15, -0.1) is 0 Å². The van der Waals surface area contributed by atoms with Crippen LogP contribution in [0.2, 0.25) is 0 Å². The monoisotopic (exact) mass is 662 g/mol. The minimum Gasteiger partial charge on any atom is -0.478 e. The number of carbonyl (C=O) groups excluding carboxylic acids is 1. The van der Waals surface area contributed by atoms with Gasteiger partial charge in [-0.3, -0.25) is 0 Å². The second-order valence-electron chi connectivity index (χ2n) is 18.5. The summed E-state index contributed by atoms with van der Waals surface area (Å²) in [6.07, 6.45) is 11.7. The van der Waals surface area contributed by atoms with E-state index in [0.717, 1.165) is 64.3 Å². The summed E-state index contributed by atoms with van der Waals surface area (Å²) in [5.74, 6) is 2.06. The van der Waals surface area contributed by atoms with Crippen molar-refractivity contribution in [3.05, 3.63) is 35.4 Å². The molecule has 6 fully saturated rings. The van der Waals surface area contributed by atoms with Gasteiger partial charge in [0.25, 0.3) is 0 Å². The number of nitrogens with two attached hydrogens (primary N) is 1. The van der Waals surface area contributed by atoms with Crippen LogP contribution in [0.1, 0.15) is 127 Å². The number of benzene rings is 1. The molecule has 1 aromatic rings. The number of alkyl carbamates (subject to hydrolysis) is 1. The van der Waals surface area contributed by atoms with Gasteiger partial charge in [-0.2, -0.15) is 0 Å². The van der Waals surface area contributed by atoms with Gasteiger partial charge >= 0.3 is 12.1 Å². The summed E-state index contributed by atoms with van der Waals surface area (Å²) in [4.78, 5) is 27.0. The molecule has 8 heteroatoms. The highest BCUT2D eigenvalue weighted by atomic mass is 16.5. The molecule has 1 amide bonds. The van der Waals surface area contributed by atoms with Crippen LogP contribution >= 0.6 is 0 Å². The van der Waals surface area contributed by atoms with Crippen LogP contribution in [0.25, 0.3) is 0 Å². The van der Waals surface area contributed by atoms with Crippen molar-refractivity contribution < 1.29 is 19.4 Å². The van der Waals surface area contributed by atoms with Crippen molar-refractivity contribution in [1.82, 2.24) is 15.5 Å². The van der Waals surface area contributed by atoms with E-state index in [1.807, 2.05) is 19.0 Å². The zero-order chi connectivity index (χ0) is 34.5. The van der Waals surface area contributed by atoms with Gasteiger partial charge < -0.3 is 31.1 Å². The summed E-state index contributed by atoms with van der Waals surface area (Å²) in [6.45, 7) is 13.5. The lowest BCUT2D eigenvalue weighted by Gasteiger charge is -2.64. The molecule has 2 unspecified atom stereocenters. The lowest BCUT2D eigenvalue weighted by atomic mass is 9.41. The Kier molecular flexibility index (Phi) is 8.17. The topological polar surface area (TPSA) is 127 Å². The molecule has 1 heterocycles. The molecule has 0 radical (unpaired) electrons. The van der Waals surface area contributed by atoms with Gasteiger partial charge in [-0.05, 0) is 150 Å². The third kappa shape index (κ3) is 4.77. The van der Waals surface area contributed by atoms with Crippen molar-refractivity contribution in [3.63, 3.8) is 0 Å². The molecule has 5 saturated carbocycles. The molecule has 6 aliphatic rings. The first-order valence-corrected chi connectivity index (χ1v) is 19.1. The average Bonchev–Trinajstić information content (AvgIpc) is 3.57. The number of carboxylic acid groups (broad SMARTS) is 1. The minimum absolute atomic E-state index is 0.00763. The fraction of sp³-hybridized carbons (Fsp3) is 0.800. The van der Waals surface area contributed by atoms with Crippen molar-refractivity contribution >= 4 is 12.1 Å². The molecule has 0 aromatic heterocycles. The Labute approximate surface area is 288 Å². The van der Waals surface area contributed by atoms with Crippen LogP contribution in [-0.4, -0.2) is 71.5 Å². The van der Waals surface area contributed by atoms with E-state index in [9.17, 15) is 14.7 Å².